The highest BCUT2D eigenvalue weighted by atomic mass is 19.1. The molecule has 0 amide bonds. The Balaban J connectivity index is 1.19. The van der Waals surface area contributed by atoms with Gasteiger partial charge in [-0.2, -0.15) is 0 Å². The van der Waals surface area contributed by atoms with E-state index in [0.717, 1.165) is 44.8 Å². The number of hydrogen-bond acceptors (Lipinski definition) is 1. The molecule has 0 saturated heterocycles. The van der Waals surface area contributed by atoms with Crippen LogP contribution in [0.5, 0.6) is 0 Å². The maximum Gasteiger partial charge on any atom is 0.148 e. The second-order valence-electron chi connectivity index (χ2n) is 14.0. The van der Waals surface area contributed by atoms with Crippen LogP contribution in [0.1, 0.15) is 52.8 Å². The van der Waals surface area contributed by atoms with Gasteiger partial charge in [0, 0.05) is 22.4 Å². The molecule has 1 nitrogen and oxygen atoms in total. The monoisotopic (exact) mass is 673 g/mol. The van der Waals surface area contributed by atoms with Gasteiger partial charge in [0.1, 0.15) is 5.82 Å². The van der Waals surface area contributed by atoms with Gasteiger partial charge in [0.05, 0.1) is 5.69 Å². The van der Waals surface area contributed by atoms with Gasteiger partial charge in [-0.3, -0.25) is 0 Å². The van der Waals surface area contributed by atoms with Crippen LogP contribution in [0.15, 0.2) is 164 Å². The zero-order valence-corrected chi connectivity index (χ0v) is 29.7. The molecule has 4 bridgehead atoms. The first-order valence-electron chi connectivity index (χ1n) is 17.9. The lowest BCUT2D eigenvalue weighted by Gasteiger charge is -2.29. The molecule has 0 atom stereocenters. The Bertz CT molecular complexity index is 2420. The molecule has 8 rings (SSSR count). The normalized spacial score (nSPS) is 13.0. The lowest BCUT2D eigenvalue weighted by molar-refractivity contribution is 0.629. The number of benzene rings is 7. The average molecular weight is 674 g/mol. The summed E-state index contributed by atoms with van der Waals surface area (Å²) in [6, 6.07) is 55.7. The van der Waals surface area contributed by atoms with Crippen molar-refractivity contribution in [2.24, 2.45) is 0 Å². The zero-order valence-electron chi connectivity index (χ0n) is 29.7. The highest BCUT2D eigenvalue weighted by Gasteiger charge is 2.27. The average Bonchev–Trinajstić information content (AvgIpc) is 3.19. The predicted molar refractivity (Wildman–Crippen MR) is 220 cm³/mol. The molecular weight excluding hydrogens is 634 g/mol. The summed E-state index contributed by atoms with van der Waals surface area (Å²) in [4.78, 5) is 2.03. The van der Waals surface area contributed by atoms with Crippen LogP contribution in [-0.2, 0) is 5.41 Å². The first-order valence-corrected chi connectivity index (χ1v) is 17.9. The van der Waals surface area contributed by atoms with Gasteiger partial charge in [-0.05, 0) is 105 Å². The van der Waals surface area contributed by atoms with Crippen molar-refractivity contribution in [1.82, 2.24) is 0 Å². The molecular formula is C50H40FN. The molecule has 0 aliphatic heterocycles. The topological polar surface area (TPSA) is 3.24 Å². The van der Waals surface area contributed by atoms with Crippen molar-refractivity contribution < 1.29 is 4.39 Å². The summed E-state index contributed by atoms with van der Waals surface area (Å²) in [7, 11) is 0. The third kappa shape index (κ3) is 6.40. The number of halogens is 1. The molecule has 0 heterocycles. The van der Waals surface area contributed by atoms with Crippen LogP contribution in [0.3, 0.4) is 0 Å². The van der Waals surface area contributed by atoms with Gasteiger partial charge in [-0.15, -0.1) is 0 Å². The lowest BCUT2D eigenvalue weighted by Crippen LogP contribution is -2.21. The molecule has 1 aliphatic rings. The van der Waals surface area contributed by atoms with Gasteiger partial charge in [-0.25, -0.2) is 4.39 Å². The van der Waals surface area contributed by atoms with E-state index >= 15 is 4.39 Å². The molecule has 0 saturated carbocycles. The van der Waals surface area contributed by atoms with Crippen LogP contribution >= 0.6 is 0 Å². The van der Waals surface area contributed by atoms with Gasteiger partial charge in [0.15, 0.2) is 0 Å². The van der Waals surface area contributed by atoms with Gasteiger partial charge in [-0.1, -0.05) is 159 Å². The van der Waals surface area contributed by atoms with Crippen LogP contribution in [0.2, 0.25) is 0 Å². The largest absolute Gasteiger partial charge is 0.307 e. The Hall–Kier alpha value is -6.25. The summed E-state index contributed by atoms with van der Waals surface area (Å²) in [5.41, 5.74) is 14.3. The molecule has 0 aromatic heterocycles. The third-order valence-electron chi connectivity index (χ3n) is 10.3. The summed E-state index contributed by atoms with van der Waals surface area (Å²) in [6.45, 7) is 6.86. The highest BCUT2D eigenvalue weighted by Crippen LogP contribution is 2.44. The number of rotatable bonds is 7. The van der Waals surface area contributed by atoms with Gasteiger partial charge in [0.2, 0.25) is 0 Å². The predicted octanol–water partition coefficient (Wildman–Crippen LogP) is 13.9. The molecule has 1 aliphatic carbocycles. The van der Waals surface area contributed by atoms with Crippen LogP contribution in [-0.4, -0.2) is 0 Å². The summed E-state index contributed by atoms with van der Waals surface area (Å²) < 4.78 is 16.8. The minimum atomic E-state index is -0.286. The van der Waals surface area contributed by atoms with E-state index in [9.17, 15) is 0 Å². The Morgan fingerprint density at radius 3 is 1.88 bits per heavy atom. The summed E-state index contributed by atoms with van der Waals surface area (Å²) in [6.07, 6.45) is 8.81. The van der Waals surface area contributed by atoms with E-state index in [2.05, 4.69) is 112 Å². The van der Waals surface area contributed by atoms with Crippen molar-refractivity contribution in [3.63, 3.8) is 0 Å². The SMILES string of the molecule is Cc1c2cc(/C=C/c3ccc(N(c4ccccc4)c4c(F)cc(-c5ccccc5)cc4-c4ccccc4)cc3)cc1C(C)(C)c1cccc(c1)C=C2. The fraction of sp³-hybridized carbons (Fsp3) is 0.0800. The van der Waals surface area contributed by atoms with E-state index in [4.69, 9.17) is 0 Å². The minimum Gasteiger partial charge on any atom is -0.307 e. The lowest BCUT2D eigenvalue weighted by atomic mass is 9.75. The van der Waals surface area contributed by atoms with Crippen LogP contribution in [0, 0.1) is 12.7 Å². The molecule has 52 heavy (non-hydrogen) atoms. The van der Waals surface area contributed by atoms with Crippen molar-refractivity contribution in [2.75, 3.05) is 4.90 Å². The Kier molecular flexibility index (Phi) is 8.75. The first-order chi connectivity index (χ1) is 25.3. The Morgan fingerprint density at radius 2 is 1.17 bits per heavy atom. The summed E-state index contributed by atoms with van der Waals surface area (Å²) in [5, 5.41) is 0. The van der Waals surface area contributed by atoms with Crippen molar-refractivity contribution in [3.8, 4) is 22.3 Å². The molecule has 0 N–H and O–H groups in total. The number of nitrogens with zero attached hydrogens (tertiary/aromatic N) is 1. The number of anilines is 3. The smallest absolute Gasteiger partial charge is 0.148 e. The van der Waals surface area contributed by atoms with Gasteiger partial charge in [0.25, 0.3) is 0 Å². The Morgan fingerprint density at radius 1 is 0.538 bits per heavy atom. The second-order valence-corrected chi connectivity index (χ2v) is 14.0. The molecule has 0 unspecified atom stereocenters. The fourth-order valence-electron chi connectivity index (χ4n) is 7.42. The molecule has 7 aromatic rings. The molecule has 252 valence electrons. The zero-order chi connectivity index (χ0) is 35.7. The van der Waals surface area contributed by atoms with Crippen LogP contribution in [0.25, 0.3) is 46.6 Å². The quantitative estimate of drug-likeness (QED) is 0.152. The van der Waals surface area contributed by atoms with Gasteiger partial charge >= 0.3 is 0 Å². The molecule has 2 heteroatoms. The Labute approximate surface area is 306 Å². The van der Waals surface area contributed by atoms with E-state index in [1.54, 1.807) is 6.07 Å². The fourth-order valence-corrected chi connectivity index (χ4v) is 7.42. The second kappa shape index (κ2) is 13.8. The van der Waals surface area contributed by atoms with Crippen LogP contribution in [0.4, 0.5) is 21.5 Å². The van der Waals surface area contributed by atoms with E-state index in [-0.39, 0.29) is 11.2 Å². The minimum absolute atomic E-state index is 0.138. The van der Waals surface area contributed by atoms with Crippen molar-refractivity contribution >= 4 is 41.4 Å². The summed E-state index contributed by atoms with van der Waals surface area (Å²) in [5.74, 6) is -0.286. The number of hydrogen-bond donors (Lipinski definition) is 0. The molecule has 0 spiro atoms. The van der Waals surface area contributed by atoms with Crippen molar-refractivity contribution in [1.29, 1.82) is 0 Å². The number of para-hydroxylation sites is 1. The molecule has 7 aromatic carbocycles. The van der Waals surface area contributed by atoms with E-state index in [1.165, 1.54) is 27.8 Å². The van der Waals surface area contributed by atoms with Gasteiger partial charge < -0.3 is 4.90 Å². The molecule has 0 fully saturated rings. The maximum atomic E-state index is 16.8. The van der Waals surface area contributed by atoms with Crippen LogP contribution < -0.4 is 4.90 Å². The number of fused-ring (bicyclic) bond motifs is 4. The third-order valence-corrected chi connectivity index (χ3v) is 10.3. The van der Waals surface area contributed by atoms with E-state index < -0.39 is 0 Å². The standard InChI is InChI=1S/C50H40FN/c1-35-41-27-24-37-14-13-19-43(31-37)50(2,3)47(35)32-38(30-41)23-22-36-25-28-45(29-26-36)52(44-20-11-6-12-21-44)49-46(40-17-9-5-10-18-40)33-42(34-48(49)51)39-15-7-4-8-16-39/h4-34H,1-3H3/b23-22+,27-24?. The highest BCUT2D eigenvalue weighted by molar-refractivity contribution is 5.91. The summed E-state index contributed by atoms with van der Waals surface area (Å²) >= 11 is 0. The van der Waals surface area contributed by atoms with E-state index in [0.29, 0.717) is 5.69 Å². The molecule has 0 radical (unpaired) electrons. The first kappa shape index (κ1) is 32.9. The van der Waals surface area contributed by atoms with Crippen molar-refractivity contribution in [3.05, 3.63) is 209 Å². The maximum absolute atomic E-state index is 16.8. The van der Waals surface area contributed by atoms with E-state index in [1.807, 2.05) is 95.9 Å². The van der Waals surface area contributed by atoms with Crippen molar-refractivity contribution in [2.45, 2.75) is 26.2 Å².